The molecule has 0 spiro atoms. The molecule has 1 rings (SSSR count). The number of aliphatic carboxylic acids is 2. The Bertz CT molecular complexity index is 211. The van der Waals surface area contributed by atoms with Crippen LogP contribution >= 0.6 is 0 Å². The fourth-order valence-electron chi connectivity index (χ4n) is 0.947. The molecule has 0 atom stereocenters. The smallest absolute Gasteiger partial charge is 0.325 e. The van der Waals surface area contributed by atoms with E-state index in [1.807, 2.05) is 0 Å². The topological polar surface area (TPSA) is 93.1 Å². The van der Waals surface area contributed by atoms with Crippen molar-refractivity contribution in [1.82, 2.24) is 0 Å². The highest BCUT2D eigenvalue weighted by molar-refractivity contribution is 5.98. The number of carboxylic acid groups (broad SMARTS) is 2. The summed E-state index contributed by atoms with van der Waals surface area (Å²) in [6.45, 7) is 0.852. The van der Waals surface area contributed by atoms with Crippen LogP contribution in [0.5, 0.6) is 0 Å². The van der Waals surface area contributed by atoms with E-state index in [4.69, 9.17) is 19.7 Å². The molecule has 6 nitrogen and oxygen atoms in total. The molecule has 13 heavy (non-hydrogen) atoms. The van der Waals surface area contributed by atoms with Gasteiger partial charge in [0.05, 0.1) is 13.2 Å². The second-order valence-electron chi connectivity index (χ2n) is 2.88. The van der Waals surface area contributed by atoms with Crippen molar-refractivity contribution < 1.29 is 29.3 Å². The molecule has 0 aliphatic carbocycles. The lowest BCUT2D eigenvalue weighted by Gasteiger charge is -2.32. The van der Waals surface area contributed by atoms with Crippen molar-refractivity contribution in [3.8, 4) is 0 Å². The zero-order chi connectivity index (χ0) is 10.1. The first-order chi connectivity index (χ1) is 5.99. The summed E-state index contributed by atoms with van der Waals surface area (Å²) in [5.74, 6) is -2.88. The van der Waals surface area contributed by atoms with E-state index < -0.39 is 23.6 Å². The van der Waals surface area contributed by atoms with Crippen LogP contribution in [0, 0.1) is 5.41 Å². The summed E-state index contributed by atoms with van der Waals surface area (Å²) >= 11 is 0. The summed E-state index contributed by atoms with van der Waals surface area (Å²) in [4.78, 5) is 21.4. The van der Waals surface area contributed by atoms with E-state index in [9.17, 15) is 9.59 Å². The molecule has 0 aromatic rings. The van der Waals surface area contributed by atoms with Gasteiger partial charge in [-0.2, -0.15) is 0 Å². The first kappa shape index (κ1) is 9.94. The first-order valence-electron chi connectivity index (χ1n) is 3.69. The molecule has 6 heteroatoms. The molecule has 0 amide bonds. The highest BCUT2D eigenvalue weighted by Gasteiger charge is 2.50. The maximum Gasteiger partial charge on any atom is 0.325 e. The van der Waals surface area contributed by atoms with Crippen LogP contribution in [0.1, 0.15) is 6.92 Å². The van der Waals surface area contributed by atoms with Crippen LogP contribution in [0.2, 0.25) is 0 Å². The fraction of sp³-hybridized carbons (Fsp3) is 0.714. The fourth-order valence-corrected chi connectivity index (χ4v) is 0.947. The van der Waals surface area contributed by atoms with Gasteiger partial charge in [0.25, 0.3) is 0 Å². The zero-order valence-corrected chi connectivity index (χ0v) is 7.02. The number of rotatable bonds is 2. The van der Waals surface area contributed by atoms with Gasteiger partial charge in [-0.05, 0) is 6.92 Å². The molecule has 74 valence electrons. The number of hydrogen-bond donors (Lipinski definition) is 2. The van der Waals surface area contributed by atoms with Gasteiger partial charge >= 0.3 is 11.9 Å². The first-order valence-corrected chi connectivity index (χ1v) is 3.69. The summed E-state index contributed by atoms with van der Waals surface area (Å²) in [7, 11) is 0. The van der Waals surface area contributed by atoms with Crippen LogP contribution in [-0.2, 0) is 19.1 Å². The number of hydrogen-bond acceptors (Lipinski definition) is 4. The van der Waals surface area contributed by atoms with Crippen LogP contribution in [0.25, 0.3) is 0 Å². The minimum atomic E-state index is -1.95. The molecule has 0 aromatic heterocycles. The van der Waals surface area contributed by atoms with Crippen LogP contribution < -0.4 is 0 Å². The number of carboxylic acids is 2. The molecule has 0 saturated carbocycles. The molecule has 1 aliphatic rings. The van der Waals surface area contributed by atoms with Crippen molar-refractivity contribution in [3.05, 3.63) is 0 Å². The van der Waals surface area contributed by atoms with Gasteiger partial charge in [0.2, 0.25) is 5.41 Å². The average Bonchev–Trinajstić information content (AvgIpc) is 2.04. The van der Waals surface area contributed by atoms with Crippen molar-refractivity contribution in [2.24, 2.45) is 5.41 Å². The van der Waals surface area contributed by atoms with Crippen LogP contribution in [0.4, 0.5) is 0 Å². The van der Waals surface area contributed by atoms with E-state index >= 15 is 0 Å². The molecule has 0 radical (unpaired) electrons. The van der Waals surface area contributed by atoms with Gasteiger partial charge in [0.15, 0.2) is 6.29 Å². The second-order valence-corrected chi connectivity index (χ2v) is 2.88. The van der Waals surface area contributed by atoms with Crippen LogP contribution in [0.3, 0.4) is 0 Å². The third-order valence-corrected chi connectivity index (χ3v) is 1.95. The summed E-state index contributed by atoms with van der Waals surface area (Å²) < 4.78 is 9.66. The lowest BCUT2D eigenvalue weighted by Crippen LogP contribution is -2.51. The molecule has 1 heterocycles. The van der Waals surface area contributed by atoms with Crippen molar-refractivity contribution in [3.63, 3.8) is 0 Å². The number of carbonyl (C=O) groups is 2. The van der Waals surface area contributed by atoms with Crippen molar-refractivity contribution in [2.45, 2.75) is 13.2 Å². The summed E-state index contributed by atoms with van der Waals surface area (Å²) in [5, 5.41) is 17.4. The summed E-state index contributed by atoms with van der Waals surface area (Å²) in [6.07, 6.45) is -0.549. The second kappa shape index (κ2) is 3.31. The molecule has 1 fully saturated rings. The Morgan fingerprint density at radius 1 is 1.23 bits per heavy atom. The zero-order valence-electron chi connectivity index (χ0n) is 7.02. The number of ether oxygens (including phenoxy) is 2. The average molecular weight is 190 g/mol. The molecular weight excluding hydrogens is 180 g/mol. The van der Waals surface area contributed by atoms with Crippen LogP contribution in [0.15, 0.2) is 0 Å². The predicted molar refractivity (Wildman–Crippen MR) is 39.1 cm³/mol. The standard InChI is InChI=1S/C7H10O6/c1-4-12-2-7(3-13-4,5(8)9)6(10)11/h4H,2-3H2,1H3,(H,8,9)(H,10,11). The van der Waals surface area contributed by atoms with E-state index in [2.05, 4.69) is 0 Å². The minimum absolute atomic E-state index is 0.362. The van der Waals surface area contributed by atoms with Gasteiger partial charge in [0.1, 0.15) is 0 Å². The Labute approximate surface area is 74.1 Å². The van der Waals surface area contributed by atoms with E-state index in [-0.39, 0.29) is 13.2 Å². The maximum absolute atomic E-state index is 10.7. The van der Waals surface area contributed by atoms with Gasteiger partial charge in [-0.3, -0.25) is 9.59 Å². The predicted octanol–water partition coefficient (Wildman–Crippen LogP) is -0.465. The van der Waals surface area contributed by atoms with Crippen molar-refractivity contribution in [1.29, 1.82) is 0 Å². The van der Waals surface area contributed by atoms with Gasteiger partial charge in [-0.25, -0.2) is 0 Å². The minimum Gasteiger partial charge on any atom is -0.480 e. The van der Waals surface area contributed by atoms with E-state index in [0.717, 1.165) is 0 Å². The molecule has 1 aliphatic heterocycles. The Hall–Kier alpha value is -1.14. The third kappa shape index (κ3) is 1.63. The van der Waals surface area contributed by atoms with E-state index in [0.29, 0.717) is 0 Å². The molecule has 2 N–H and O–H groups in total. The van der Waals surface area contributed by atoms with Gasteiger partial charge < -0.3 is 19.7 Å². The Morgan fingerprint density at radius 3 is 1.92 bits per heavy atom. The Kier molecular flexibility index (Phi) is 2.53. The van der Waals surface area contributed by atoms with Gasteiger partial charge in [-0.1, -0.05) is 0 Å². The largest absolute Gasteiger partial charge is 0.480 e. The molecule has 0 unspecified atom stereocenters. The maximum atomic E-state index is 10.7. The Balaban J connectivity index is 2.82. The lowest BCUT2D eigenvalue weighted by atomic mass is 9.90. The van der Waals surface area contributed by atoms with E-state index in [1.54, 1.807) is 6.92 Å². The quantitative estimate of drug-likeness (QED) is 0.572. The van der Waals surface area contributed by atoms with Gasteiger partial charge in [-0.15, -0.1) is 0 Å². The van der Waals surface area contributed by atoms with Crippen molar-refractivity contribution in [2.75, 3.05) is 13.2 Å². The van der Waals surface area contributed by atoms with E-state index in [1.165, 1.54) is 0 Å². The van der Waals surface area contributed by atoms with Crippen molar-refractivity contribution >= 4 is 11.9 Å². The molecular formula is C7H10O6. The highest BCUT2D eigenvalue weighted by atomic mass is 16.7. The highest BCUT2D eigenvalue weighted by Crippen LogP contribution is 2.25. The summed E-state index contributed by atoms with van der Waals surface area (Å²) in [5.41, 5.74) is -1.95. The normalized spacial score (nSPS) is 22.5. The van der Waals surface area contributed by atoms with Crippen LogP contribution in [-0.4, -0.2) is 41.7 Å². The molecule has 0 aromatic carbocycles. The Morgan fingerprint density at radius 2 is 1.62 bits per heavy atom. The SMILES string of the molecule is CC1OCC(C(=O)O)(C(=O)O)CO1. The summed E-state index contributed by atoms with van der Waals surface area (Å²) in [6, 6.07) is 0. The monoisotopic (exact) mass is 190 g/mol. The molecule has 1 saturated heterocycles. The van der Waals surface area contributed by atoms with Gasteiger partial charge in [0, 0.05) is 0 Å². The third-order valence-electron chi connectivity index (χ3n) is 1.95. The molecule has 0 bridgehead atoms. The lowest BCUT2D eigenvalue weighted by molar-refractivity contribution is -0.230.